The fraction of sp³-hybridized carbons (Fsp3) is 0.333. The second-order valence-electron chi connectivity index (χ2n) is 8.01. The number of primary amides is 1. The second kappa shape index (κ2) is 10.3. The highest BCUT2D eigenvalue weighted by molar-refractivity contribution is 9.10. The smallest absolute Gasteiger partial charge is 0.372 e. The topological polar surface area (TPSA) is 86.9 Å². The number of nitrogens with zero attached hydrogens (tertiary/aromatic N) is 2. The van der Waals surface area contributed by atoms with Gasteiger partial charge in [0.1, 0.15) is 0 Å². The first-order valence-corrected chi connectivity index (χ1v) is 12.0. The van der Waals surface area contributed by atoms with Crippen LogP contribution in [-0.4, -0.2) is 48.0 Å². The minimum Gasteiger partial charge on any atom is -0.372 e. The lowest BCUT2D eigenvalue weighted by atomic mass is 9.83. The van der Waals surface area contributed by atoms with Crippen molar-refractivity contribution in [3.63, 3.8) is 0 Å². The van der Waals surface area contributed by atoms with Gasteiger partial charge in [0.2, 0.25) is 5.91 Å². The third-order valence-electron chi connectivity index (χ3n) is 5.95. The van der Waals surface area contributed by atoms with E-state index in [-0.39, 0.29) is 28.4 Å². The van der Waals surface area contributed by atoms with Gasteiger partial charge in [-0.15, -0.1) is 0 Å². The molecule has 0 aromatic heterocycles. The minimum atomic E-state index is -4.92. The minimum absolute atomic E-state index is 0.00154. The lowest BCUT2D eigenvalue weighted by Gasteiger charge is -2.27. The number of anilines is 1. The van der Waals surface area contributed by atoms with Crippen LogP contribution in [0, 0.1) is 0 Å². The Hall–Kier alpha value is -2.40. The molecule has 0 saturated carbocycles. The summed E-state index contributed by atoms with van der Waals surface area (Å²) in [5.74, 6) is -1.78. The molecule has 0 aliphatic carbocycles. The van der Waals surface area contributed by atoms with E-state index in [0.717, 1.165) is 23.1 Å². The van der Waals surface area contributed by atoms with E-state index >= 15 is 0 Å². The summed E-state index contributed by atoms with van der Waals surface area (Å²) in [6.45, 7) is 5.59. The number of fused-ring (bicyclic) bond motifs is 1. The molecule has 0 spiro atoms. The molecule has 1 aliphatic heterocycles. The van der Waals surface area contributed by atoms with Crippen molar-refractivity contribution in [2.24, 2.45) is 5.73 Å². The molecule has 1 heterocycles. The summed E-state index contributed by atoms with van der Waals surface area (Å²) in [6, 6.07) is 6.31. The number of carbonyl (C=O) groups is 2. The maximum absolute atomic E-state index is 14.3. The Morgan fingerprint density at radius 1 is 1.26 bits per heavy atom. The summed E-state index contributed by atoms with van der Waals surface area (Å²) >= 11 is 9.55. The molecule has 3 rings (SSSR count). The molecule has 0 saturated heterocycles. The molecular formula is C24H24BrClF3N3O3. The van der Waals surface area contributed by atoms with Crippen LogP contribution < -0.4 is 10.6 Å². The third-order valence-corrected chi connectivity index (χ3v) is 6.75. The molecular weight excluding hydrogens is 551 g/mol. The van der Waals surface area contributed by atoms with E-state index in [1.807, 2.05) is 18.7 Å². The van der Waals surface area contributed by atoms with Crippen molar-refractivity contribution in [2.75, 3.05) is 31.1 Å². The van der Waals surface area contributed by atoms with Crippen LogP contribution >= 0.6 is 27.5 Å². The van der Waals surface area contributed by atoms with E-state index < -0.39 is 34.7 Å². The summed E-state index contributed by atoms with van der Waals surface area (Å²) in [7, 11) is 0. The van der Waals surface area contributed by atoms with Gasteiger partial charge in [-0.2, -0.15) is 13.2 Å². The first-order valence-electron chi connectivity index (χ1n) is 10.8. The Balaban J connectivity index is 2.32. The van der Waals surface area contributed by atoms with Gasteiger partial charge in [0, 0.05) is 39.8 Å². The maximum atomic E-state index is 14.3. The zero-order chi connectivity index (χ0) is 26.1. The fourth-order valence-corrected chi connectivity index (χ4v) is 5.00. The molecule has 188 valence electrons. The molecule has 3 N–H and O–H groups in total. The Bertz CT molecular complexity index is 1180. The Morgan fingerprint density at radius 3 is 2.46 bits per heavy atom. The number of likely N-dealkylation sites (N-methyl/N-ethyl adjacent to an activating group) is 1. The van der Waals surface area contributed by atoms with Gasteiger partial charge in [0.25, 0.3) is 5.91 Å². The normalized spacial score (nSPS) is 18.1. The molecule has 0 bridgehead atoms. The van der Waals surface area contributed by atoms with Gasteiger partial charge >= 0.3 is 6.18 Å². The number of aliphatic hydroxyl groups is 1. The highest BCUT2D eigenvalue weighted by Crippen LogP contribution is 2.52. The van der Waals surface area contributed by atoms with Crippen LogP contribution in [-0.2, 0) is 21.4 Å². The molecule has 2 aromatic carbocycles. The predicted octanol–water partition coefficient (Wildman–Crippen LogP) is 4.54. The molecule has 1 aliphatic rings. The summed E-state index contributed by atoms with van der Waals surface area (Å²) in [4.78, 5) is 28.0. The van der Waals surface area contributed by atoms with E-state index in [9.17, 15) is 27.9 Å². The summed E-state index contributed by atoms with van der Waals surface area (Å²) in [5, 5.41) is 11.7. The van der Waals surface area contributed by atoms with Crippen molar-refractivity contribution in [1.82, 2.24) is 4.90 Å². The number of rotatable bonds is 8. The van der Waals surface area contributed by atoms with Crippen molar-refractivity contribution in [3.05, 3.63) is 68.2 Å². The molecule has 2 amide bonds. The molecule has 0 radical (unpaired) electrons. The van der Waals surface area contributed by atoms with Gasteiger partial charge in [-0.05, 0) is 49.0 Å². The Kier molecular flexibility index (Phi) is 8.00. The van der Waals surface area contributed by atoms with Gasteiger partial charge in [0.15, 0.2) is 5.60 Å². The van der Waals surface area contributed by atoms with Crippen LogP contribution in [0.25, 0.3) is 6.08 Å². The number of benzene rings is 2. The first kappa shape index (κ1) is 27.2. The SMILES string of the molecule is CCN(CC)CCN1C(=O)C(O)(c2ccc(Br)cc2Cl)c2c1cc(C=CC(N)=O)cc2C(F)(F)F. The highest BCUT2D eigenvalue weighted by Gasteiger charge is 2.56. The summed E-state index contributed by atoms with van der Waals surface area (Å²) in [6.07, 6.45) is -2.86. The van der Waals surface area contributed by atoms with Crippen LogP contribution in [0.15, 0.2) is 40.9 Å². The van der Waals surface area contributed by atoms with Crippen molar-refractivity contribution >= 4 is 51.1 Å². The fourth-order valence-electron chi connectivity index (χ4n) is 4.19. The van der Waals surface area contributed by atoms with E-state index in [1.165, 1.54) is 24.3 Å². The lowest BCUT2D eigenvalue weighted by molar-refractivity contribution is -0.142. The first-order chi connectivity index (χ1) is 16.3. The molecule has 1 atom stereocenters. The number of amides is 2. The van der Waals surface area contributed by atoms with Crippen LogP contribution in [0.2, 0.25) is 5.02 Å². The summed E-state index contributed by atoms with van der Waals surface area (Å²) < 4.78 is 43.5. The maximum Gasteiger partial charge on any atom is 0.416 e. The number of alkyl halides is 3. The van der Waals surface area contributed by atoms with Crippen LogP contribution in [0.3, 0.4) is 0 Å². The zero-order valence-electron chi connectivity index (χ0n) is 19.0. The highest BCUT2D eigenvalue weighted by atomic mass is 79.9. The molecule has 0 fully saturated rings. The van der Waals surface area contributed by atoms with E-state index in [4.69, 9.17) is 17.3 Å². The van der Waals surface area contributed by atoms with E-state index in [1.54, 1.807) is 0 Å². The zero-order valence-corrected chi connectivity index (χ0v) is 21.3. The lowest BCUT2D eigenvalue weighted by Crippen LogP contribution is -2.44. The van der Waals surface area contributed by atoms with Gasteiger partial charge in [-0.1, -0.05) is 47.4 Å². The van der Waals surface area contributed by atoms with Crippen LogP contribution in [0.1, 0.15) is 36.1 Å². The largest absolute Gasteiger partial charge is 0.416 e. The second-order valence-corrected chi connectivity index (χ2v) is 9.34. The van der Waals surface area contributed by atoms with E-state index in [0.29, 0.717) is 24.1 Å². The van der Waals surface area contributed by atoms with Gasteiger partial charge in [-0.3, -0.25) is 9.59 Å². The van der Waals surface area contributed by atoms with Gasteiger partial charge < -0.3 is 20.6 Å². The number of hydrogen-bond acceptors (Lipinski definition) is 4. The van der Waals surface area contributed by atoms with Crippen LogP contribution in [0.4, 0.5) is 18.9 Å². The van der Waals surface area contributed by atoms with Crippen molar-refractivity contribution in [3.8, 4) is 0 Å². The number of carbonyl (C=O) groups excluding carboxylic acids is 2. The van der Waals surface area contributed by atoms with Crippen LogP contribution in [0.5, 0.6) is 0 Å². The molecule has 2 aromatic rings. The molecule has 11 heteroatoms. The number of hydrogen-bond donors (Lipinski definition) is 2. The predicted molar refractivity (Wildman–Crippen MR) is 132 cm³/mol. The van der Waals surface area contributed by atoms with Crippen molar-refractivity contribution in [2.45, 2.75) is 25.6 Å². The molecule has 35 heavy (non-hydrogen) atoms. The quantitative estimate of drug-likeness (QED) is 0.453. The Labute approximate surface area is 214 Å². The average Bonchev–Trinajstić information content (AvgIpc) is 2.99. The number of halogens is 5. The van der Waals surface area contributed by atoms with Crippen molar-refractivity contribution < 1.29 is 27.9 Å². The van der Waals surface area contributed by atoms with Gasteiger partial charge in [0.05, 0.1) is 11.3 Å². The average molecular weight is 575 g/mol. The van der Waals surface area contributed by atoms with E-state index in [2.05, 4.69) is 15.9 Å². The summed E-state index contributed by atoms with van der Waals surface area (Å²) in [5.41, 5.74) is 0.356. The number of nitrogens with two attached hydrogens (primary N) is 1. The molecule has 1 unspecified atom stereocenters. The standard InChI is InChI=1S/C24H24BrClF3N3O3/c1-3-31(4-2)9-10-32-19-12-14(5-8-20(30)33)11-17(24(27,28)29)21(19)23(35,22(32)34)16-7-6-15(25)13-18(16)26/h5-8,11-13,35H,3-4,9-10H2,1-2H3,(H2,30,33). The van der Waals surface area contributed by atoms with Crippen molar-refractivity contribution in [1.29, 1.82) is 0 Å². The Morgan fingerprint density at radius 2 is 1.91 bits per heavy atom. The third kappa shape index (κ3) is 5.25. The van der Waals surface area contributed by atoms with Gasteiger partial charge in [-0.25, -0.2) is 0 Å². The molecule has 6 nitrogen and oxygen atoms in total. The monoisotopic (exact) mass is 573 g/mol.